The van der Waals surface area contributed by atoms with Gasteiger partial charge in [0.15, 0.2) is 16.0 Å². The van der Waals surface area contributed by atoms with Gasteiger partial charge in [-0.2, -0.15) is 0 Å². The highest BCUT2D eigenvalue weighted by Crippen LogP contribution is 2.30. The normalized spacial score (nSPS) is 10.9. The quantitative estimate of drug-likeness (QED) is 0.268. The number of fused-ring (bicyclic) bond motifs is 1. The van der Waals surface area contributed by atoms with Gasteiger partial charge in [0.2, 0.25) is 0 Å². The third kappa shape index (κ3) is 5.12. The lowest BCUT2D eigenvalue weighted by atomic mass is 10.2. The molecule has 4 rings (SSSR count). The predicted molar refractivity (Wildman–Crippen MR) is 122 cm³/mol. The second-order valence-electron chi connectivity index (χ2n) is 6.26. The van der Waals surface area contributed by atoms with Crippen molar-refractivity contribution in [2.75, 3.05) is 11.9 Å². The number of benzene rings is 2. The number of nitrogens with zero attached hydrogens (tertiary/aromatic N) is 3. The molecule has 10 heteroatoms. The Hall–Kier alpha value is -2.75. The van der Waals surface area contributed by atoms with Gasteiger partial charge in [-0.25, -0.2) is 19.3 Å². The molecule has 0 spiro atoms. The summed E-state index contributed by atoms with van der Waals surface area (Å²) in [6, 6.07) is 12.0. The first kappa shape index (κ1) is 21.5. The third-order valence-corrected chi connectivity index (χ3v) is 6.26. The maximum Gasteiger partial charge on any atom is 0.277 e. The molecule has 1 amide bonds. The molecule has 4 aromatic rings. The molecule has 2 heterocycles. The number of carbonyl (C=O) groups excluding carboxylic acids is 1. The number of anilines is 1. The van der Waals surface area contributed by atoms with Crippen molar-refractivity contribution in [3.8, 4) is 5.75 Å². The van der Waals surface area contributed by atoms with Crippen molar-refractivity contribution in [1.29, 1.82) is 0 Å². The van der Waals surface area contributed by atoms with Gasteiger partial charge in [0, 0.05) is 5.75 Å². The number of thiazole rings is 1. The maximum atomic E-state index is 13.8. The van der Waals surface area contributed by atoms with Crippen LogP contribution in [0.25, 0.3) is 10.2 Å². The first-order valence-electron chi connectivity index (χ1n) is 9.27. The molecule has 0 atom stereocenters. The number of hydrogen-bond acceptors (Lipinski definition) is 7. The van der Waals surface area contributed by atoms with Crippen molar-refractivity contribution in [3.63, 3.8) is 0 Å². The average molecular weight is 475 g/mol. The van der Waals surface area contributed by atoms with Crippen LogP contribution in [0.15, 0.2) is 53.8 Å². The van der Waals surface area contributed by atoms with Gasteiger partial charge in [0.1, 0.15) is 11.6 Å². The van der Waals surface area contributed by atoms with Gasteiger partial charge in [-0.1, -0.05) is 52.9 Å². The first-order valence-corrected chi connectivity index (χ1v) is 11.4. The fourth-order valence-corrected chi connectivity index (χ4v) is 4.58. The van der Waals surface area contributed by atoms with E-state index in [4.69, 9.17) is 16.3 Å². The zero-order valence-electron chi connectivity index (χ0n) is 16.3. The molecule has 0 aliphatic heterocycles. The van der Waals surface area contributed by atoms with Crippen LogP contribution in [-0.4, -0.2) is 27.5 Å². The minimum absolute atomic E-state index is 0.0296. The van der Waals surface area contributed by atoms with Crippen LogP contribution in [0.2, 0.25) is 5.02 Å². The van der Waals surface area contributed by atoms with Crippen molar-refractivity contribution in [2.24, 2.45) is 0 Å². The van der Waals surface area contributed by atoms with Crippen LogP contribution in [0.5, 0.6) is 5.75 Å². The summed E-state index contributed by atoms with van der Waals surface area (Å²) in [6.07, 6.45) is 1.36. The molecule has 0 aliphatic carbocycles. The number of rotatable bonds is 7. The summed E-state index contributed by atoms with van der Waals surface area (Å²) in [4.78, 5) is 25.5. The largest absolute Gasteiger partial charge is 0.494 e. The van der Waals surface area contributed by atoms with Crippen LogP contribution in [0.1, 0.15) is 23.0 Å². The fraction of sp³-hybridized carbons (Fsp3) is 0.143. The Bertz CT molecular complexity index is 1250. The monoisotopic (exact) mass is 474 g/mol. The summed E-state index contributed by atoms with van der Waals surface area (Å²) in [5.41, 5.74) is 1.30. The van der Waals surface area contributed by atoms with Crippen LogP contribution in [0, 0.1) is 5.82 Å². The molecule has 158 valence electrons. The van der Waals surface area contributed by atoms with Crippen LogP contribution in [-0.2, 0) is 5.75 Å². The lowest BCUT2D eigenvalue weighted by Crippen LogP contribution is -2.15. The topological polar surface area (TPSA) is 77.0 Å². The van der Waals surface area contributed by atoms with E-state index in [0.717, 1.165) is 16.0 Å². The van der Waals surface area contributed by atoms with E-state index in [2.05, 4.69) is 20.3 Å². The summed E-state index contributed by atoms with van der Waals surface area (Å²) in [7, 11) is 0. The number of nitrogens with one attached hydrogen (secondary N) is 1. The minimum Gasteiger partial charge on any atom is -0.494 e. The molecule has 2 aromatic carbocycles. The Kier molecular flexibility index (Phi) is 6.64. The molecule has 2 aromatic heterocycles. The molecular formula is C21H16ClFN4O2S2. The minimum atomic E-state index is -0.496. The molecule has 6 nitrogen and oxygen atoms in total. The molecule has 0 aliphatic rings. The van der Waals surface area contributed by atoms with E-state index < -0.39 is 5.91 Å². The highest BCUT2D eigenvalue weighted by molar-refractivity contribution is 7.98. The lowest BCUT2D eigenvalue weighted by molar-refractivity contribution is 0.102. The van der Waals surface area contributed by atoms with E-state index >= 15 is 0 Å². The summed E-state index contributed by atoms with van der Waals surface area (Å²) >= 11 is 8.68. The Labute approximate surface area is 190 Å². The first-order chi connectivity index (χ1) is 15.0. The number of hydrogen-bond donors (Lipinski definition) is 1. The van der Waals surface area contributed by atoms with Crippen molar-refractivity contribution in [1.82, 2.24) is 15.0 Å². The second kappa shape index (κ2) is 9.59. The van der Waals surface area contributed by atoms with Gasteiger partial charge in [-0.3, -0.25) is 10.1 Å². The summed E-state index contributed by atoms with van der Waals surface area (Å²) in [6.45, 7) is 2.48. The van der Waals surface area contributed by atoms with Crippen molar-refractivity contribution < 1.29 is 13.9 Å². The number of aromatic nitrogens is 3. The molecule has 0 saturated carbocycles. The number of ether oxygens (including phenoxy) is 1. The number of halogens is 2. The Balaban J connectivity index is 1.49. The van der Waals surface area contributed by atoms with E-state index in [1.54, 1.807) is 18.2 Å². The Morgan fingerprint density at radius 3 is 2.90 bits per heavy atom. The third-order valence-electron chi connectivity index (χ3n) is 4.14. The van der Waals surface area contributed by atoms with Gasteiger partial charge in [0.05, 0.1) is 28.0 Å². The molecule has 1 N–H and O–H groups in total. The highest BCUT2D eigenvalue weighted by Gasteiger charge is 2.17. The number of amides is 1. The van der Waals surface area contributed by atoms with Gasteiger partial charge in [-0.15, -0.1) is 0 Å². The maximum absolute atomic E-state index is 13.8. The average Bonchev–Trinajstić information content (AvgIpc) is 3.15. The van der Waals surface area contributed by atoms with Crippen LogP contribution in [0.3, 0.4) is 0 Å². The number of thioether (sulfide) groups is 1. The van der Waals surface area contributed by atoms with Crippen molar-refractivity contribution in [3.05, 3.63) is 70.8 Å². The predicted octanol–water partition coefficient (Wildman–Crippen LogP) is 5.82. The van der Waals surface area contributed by atoms with Crippen LogP contribution >= 0.6 is 34.7 Å². The van der Waals surface area contributed by atoms with Gasteiger partial charge < -0.3 is 4.74 Å². The fourth-order valence-electron chi connectivity index (χ4n) is 2.71. The number of carbonyl (C=O) groups is 1. The zero-order chi connectivity index (χ0) is 21.8. The molecule has 0 fully saturated rings. The zero-order valence-corrected chi connectivity index (χ0v) is 18.7. The van der Waals surface area contributed by atoms with E-state index in [1.807, 2.05) is 25.1 Å². The van der Waals surface area contributed by atoms with Crippen LogP contribution < -0.4 is 10.1 Å². The highest BCUT2D eigenvalue weighted by atomic mass is 35.5. The molecule has 0 radical (unpaired) electrons. The van der Waals surface area contributed by atoms with E-state index in [-0.39, 0.29) is 16.5 Å². The molecule has 0 bridgehead atoms. The SMILES string of the molecule is CCOc1ccc2nc(NC(=O)c3nc(SCc4ccccc4F)ncc3Cl)sc2c1. The van der Waals surface area contributed by atoms with E-state index in [9.17, 15) is 9.18 Å². The van der Waals surface area contributed by atoms with Crippen molar-refractivity contribution in [2.45, 2.75) is 17.8 Å². The molecule has 31 heavy (non-hydrogen) atoms. The Morgan fingerprint density at radius 1 is 1.26 bits per heavy atom. The summed E-state index contributed by atoms with van der Waals surface area (Å²) < 4.78 is 20.2. The van der Waals surface area contributed by atoms with Crippen LogP contribution in [0.4, 0.5) is 9.52 Å². The molecular weight excluding hydrogens is 459 g/mol. The van der Waals surface area contributed by atoms with Gasteiger partial charge in [0.25, 0.3) is 5.91 Å². The molecule has 0 saturated heterocycles. The van der Waals surface area contributed by atoms with E-state index in [0.29, 0.717) is 28.2 Å². The van der Waals surface area contributed by atoms with E-state index in [1.165, 1.54) is 35.4 Å². The lowest BCUT2D eigenvalue weighted by Gasteiger charge is -2.06. The van der Waals surface area contributed by atoms with Gasteiger partial charge in [-0.05, 0) is 36.8 Å². The van der Waals surface area contributed by atoms with Crippen molar-refractivity contribution >= 4 is 56.0 Å². The standard InChI is InChI=1S/C21H16ClFN4O2S2/c1-2-29-13-7-8-16-17(9-13)31-21(25-16)27-19(28)18-14(22)10-24-20(26-18)30-11-12-5-3-4-6-15(12)23/h3-10H,2,11H2,1H3,(H,25,27,28). The van der Waals surface area contributed by atoms with Gasteiger partial charge >= 0.3 is 0 Å². The summed E-state index contributed by atoms with van der Waals surface area (Å²) in [5.74, 6) is 0.274. The summed E-state index contributed by atoms with van der Waals surface area (Å²) in [5, 5.41) is 3.59. The Morgan fingerprint density at radius 2 is 2.10 bits per heavy atom. The second-order valence-corrected chi connectivity index (χ2v) is 8.65. The smallest absolute Gasteiger partial charge is 0.277 e. The molecule has 0 unspecified atom stereocenters.